The van der Waals surface area contributed by atoms with Gasteiger partial charge in [0.1, 0.15) is 5.52 Å². The average Bonchev–Trinajstić information content (AvgIpc) is 2.62. The van der Waals surface area contributed by atoms with Crippen LogP contribution < -0.4 is 0 Å². The normalized spacial score (nSPS) is 12.6. The molecule has 15 heavy (non-hydrogen) atoms. The van der Waals surface area contributed by atoms with Gasteiger partial charge in [0.05, 0.1) is 17.8 Å². The molecule has 0 saturated carbocycles. The molecule has 2 heterocycles. The molecule has 2 rings (SSSR count). The molecule has 0 amide bonds. The van der Waals surface area contributed by atoms with Crippen molar-refractivity contribution in [2.45, 2.75) is 12.8 Å². The molecule has 0 fully saturated rings. The maximum atomic E-state index is 7.18. The quantitative estimate of drug-likeness (QED) is 0.659. The Morgan fingerprint density at radius 3 is 2.80 bits per heavy atom. The van der Waals surface area contributed by atoms with Crippen LogP contribution >= 0.6 is 0 Å². The van der Waals surface area contributed by atoms with E-state index in [4.69, 9.17) is 10.8 Å². The van der Waals surface area contributed by atoms with Gasteiger partial charge >= 0.3 is 0 Å². The molecule has 76 valence electrons. The third kappa shape index (κ3) is 1.52. The van der Waals surface area contributed by atoms with Gasteiger partial charge in [-0.05, 0) is 13.0 Å². The van der Waals surface area contributed by atoms with Crippen LogP contribution in [-0.4, -0.2) is 27.6 Å². The highest BCUT2D eigenvalue weighted by Crippen LogP contribution is 2.18. The average molecular weight is 201 g/mol. The summed E-state index contributed by atoms with van der Waals surface area (Å²) in [5.74, 6) is -0.344. The Morgan fingerprint density at radius 2 is 2.13 bits per heavy atom. The summed E-state index contributed by atoms with van der Waals surface area (Å²) in [6, 6.07) is 1.87. The van der Waals surface area contributed by atoms with Gasteiger partial charge in [0.15, 0.2) is 0 Å². The minimum atomic E-state index is -0.344. The van der Waals surface area contributed by atoms with Gasteiger partial charge in [-0.2, -0.15) is 5.10 Å². The lowest BCUT2D eigenvalue weighted by Gasteiger charge is -2.03. The van der Waals surface area contributed by atoms with Crippen LogP contribution in [0.1, 0.15) is 17.3 Å². The van der Waals surface area contributed by atoms with E-state index in [2.05, 4.69) is 15.2 Å². The third-order valence-corrected chi connectivity index (χ3v) is 2.35. The second-order valence-electron chi connectivity index (χ2n) is 3.33. The first-order chi connectivity index (χ1) is 7.26. The Labute approximate surface area is 86.6 Å². The van der Waals surface area contributed by atoms with Crippen molar-refractivity contribution < 1.29 is 0 Å². The van der Waals surface area contributed by atoms with Crippen LogP contribution in [0.25, 0.3) is 10.9 Å². The number of hydrogen-bond acceptors (Lipinski definition) is 4. The Kier molecular flexibility index (Phi) is 2.29. The van der Waals surface area contributed by atoms with E-state index in [-0.39, 0.29) is 5.92 Å². The predicted octanol–water partition coefficient (Wildman–Crippen LogP) is 1.65. The van der Waals surface area contributed by atoms with E-state index in [0.717, 1.165) is 16.6 Å². The van der Waals surface area contributed by atoms with E-state index < -0.39 is 0 Å². The molecule has 0 aromatic carbocycles. The van der Waals surface area contributed by atoms with Crippen LogP contribution in [0, 0.1) is 17.7 Å². The van der Waals surface area contributed by atoms with E-state index in [9.17, 15) is 0 Å². The number of aromatic nitrogens is 3. The Bertz CT molecular complexity index is 506. The fourth-order valence-electron chi connectivity index (χ4n) is 1.46. The first kappa shape index (κ1) is 9.51. The predicted molar refractivity (Wildman–Crippen MR) is 58.9 cm³/mol. The molecule has 0 aliphatic carbocycles. The highest BCUT2D eigenvalue weighted by atomic mass is 15.1. The van der Waals surface area contributed by atoms with Crippen LogP contribution in [-0.2, 0) is 0 Å². The molecule has 0 aliphatic rings. The SMILES string of the molecule is Cc1[nH]nc2cnc(C(C=N)C=N)cc12. The van der Waals surface area contributed by atoms with Crippen LogP contribution in [0.5, 0.6) is 0 Å². The van der Waals surface area contributed by atoms with E-state index >= 15 is 0 Å². The second-order valence-corrected chi connectivity index (χ2v) is 3.33. The number of pyridine rings is 1. The lowest BCUT2D eigenvalue weighted by Crippen LogP contribution is -2.02. The molecule has 0 saturated heterocycles. The lowest BCUT2D eigenvalue weighted by molar-refractivity contribution is 1.06. The first-order valence-electron chi connectivity index (χ1n) is 4.58. The summed E-state index contributed by atoms with van der Waals surface area (Å²) in [4.78, 5) is 4.18. The van der Waals surface area contributed by atoms with Gasteiger partial charge < -0.3 is 10.8 Å². The molecule has 0 spiro atoms. The van der Waals surface area contributed by atoms with Gasteiger partial charge in [0, 0.05) is 23.5 Å². The Balaban J connectivity index is 2.58. The molecule has 0 aliphatic heterocycles. The zero-order valence-corrected chi connectivity index (χ0v) is 8.28. The number of nitrogens with zero attached hydrogens (tertiary/aromatic N) is 2. The molecular formula is C10H11N5. The molecular weight excluding hydrogens is 190 g/mol. The highest BCUT2D eigenvalue weighted by Gasteiger charge is 2.09. The van der Waals surface area contributed by atoms with Crippen molar-refractivity contribution in [3.63, 3.8) is 0 Å². The number of H-pyrrole nitrogens is 1. The molecule has 0 unspecified atom stereocenters. The van der Waals surface area contributed by atoms with E-state index in [0.29, 0.717) is 5.69 Å². The maximum Gasteiger partial charge on any atom is 0.111 e. The standard InChI is InChI=1S/C10H11N5/c1-6-8-2-9(7(3-11)4-12)13-5-10(8)15-14-6/h2-5,7,11-12H,1H3,(H,14,15). The third-order valence-electron chi connectivity index (χ3n) is 2.35. The van der Waals surface area contributed by atoms with Gasteiger partial charge in [0.25, 0.3) is 0 Å². The zero-order chi connectivity index (χ0) is 10.8. The minimum Gasteiger partial charge on any atom is -0.312 e. The van der Waals surface area contributed by atoms with E-state index in [1.54, 1.807) is 6.20 Å². The molecule has 2 aromatic rings. The van der Waals surface area contributed by atoms with Crippen LogP contribution in [0.15, 0.2) is 12.3 Å². The topological polar surface area (TPSA) is 89.3 Å². The van der Waals surface area contributed by atoms with Crippen molar-refractivity contribution in [3.8, 4) is 0 Å². The van der Waals surface area contributed by atoms with Crippen LogP contribution in [0.4, 0.5) is 0 Å². The lowest BCUT2D eigenvalue weighted by atomic mass is 10.1. The molecule has 5 heteroatoms. The molecule has 0 bridgehead atoms. The van der Waals surface area contributed by atoms with Gasteiger partial charge in [-0.15, -0.1) is 0 Å². The first-order valence-corrected chi connectivity index (χ1v) is 4.58. The fraction of sp³-hybridized carbons (Fsp3) is 0.200. The van der Waals surface area contributed by atoms with Crippen molar-refractivity contribution in [3.05, 3.63) is 23.7 Å². The fourth-order valence-corrected chi connectivity index (χ4v) is 1.46. The summed E-state index contributed by atoms with van der Waals surface area (Å²) in [7, 11) is 0. The maximum absolute atomic E-state index is 7.18. The summed E-state index contributed by atoms with van der Waals surface area (Å²) in [5, 5.41) is 22.3. The summed E-state index contributed by atoms with van der Waals surface area (Å²) < 4.78 is 0. The van der Waals surface area contributed by atoms with Crippen LogP contribution in [0.2, 0.25) is 0 Å². The molecule has 0 atom stereocenters. The van der Waals surface area contributed by atoms with Gasteiger partial charge in [-0.25, -0.2) is 0 Å². The van der Waals surface area contributed by atoms with Crippen molar-refractivity contribution in [2.24, 2.45) is 0 Å². The monoisotopic (exact) mass is 201 g/mol. The number of fused-ring (bicyclic) bond motifs is 1. The number of rotatable bonds is 3. The summed E-state index contributed by atoms with van der Waals surface area (Å²) in [5.41, 5.74) is 2.49. The molecule has 3 N–H and O–H groups in total. The number of hydrogen-bond donors (Lipinski definition) is 3. The number of nitrogens with one attached hydrogen (secondary N) is 3. The molecule has 5 nitrogen and oxygen atoms in total. The molecule has 2 aromatic heterocycles. The minimum absolute atomic E-state index is 0.344. The Morgan fingerprint density at radius 1 is 1.40 bits per heavy atom. The number of aromatic amines is 1. The summed E-state index contributed by atoms with van der Waals surface area (Å²) in [6.07, 6.45) is 4.07. The van der Waals surface area contributed by atoms with E-state index in [1.807, 2.05) is 13.0 Å². The largest absolute Gasteiger partial charge is 0.312 e. The summed E-state index contributed by atoms with van der Waals surface area (Å²) in [6.45, 7) is 1.93. The number of aryl methyl sites for hydroxylation is 1. The van der Waals surface area contributed by atoms with Gasteiger partial charge in [0.2, 0.25) is 0 Å². The summed E-state index contributed by atoms with van der Waals surface area (Å²) >= 11 is 0. The second kappa shape index (κ2) is 3.61. The highest BCUT2D eigenvalue weighted by molar-refractivity contribution is 5.89. The van der Waals surface area contributed by atoms with Crippen LogP contribution in [0.3, 0.4) is 0 Å². The van der Waals surface area contributed by atoms with Crippen molar-refractivity contribution >= 4 is 23.3 Å². The Hall–Kier alpha value is -2.04. The van der Waals surface area contributed by atoms with E-state index in [1.165, 1.54) is 12.4 Å². The van der Waals surface area contributed by atoms with Crippen molar-refractivity contribution in [1.29, 1.82) is 10.8 Å². The zero-order valence-electron chi connectivity index (χ0n) is 8.28. The smallest absolute Gasteiger partial charge is 0.111 e. The van der Waals surface area contributed by atoms with Gasteiger partial charge in [-0.1, -0.05) is 0 Å². The molecule has 0 radical (unpaired) electrons. The van der Waals surface area contributed by atoms with Crippen molar-refractivity contribution in [1.82, 2.24) is 15.2 Å². The van der Waals surface area contributed by atoms with Gasteiger partial charge in [-0.3, -0.25) is 10.1 Å². The van der Waals surface area contributed by atoms with Crippen molar-refractivity contribution in [2.75, 3.05) is 0 Å².